The van der Waals surface area contributed by atoms with Crippen LogP contribution in [0, 0.1) is 5.92 Å². The van der Waals surface area contributed by atoms with E-state index in [1.54, 1.807) is 26.9 Å². The topological polar surface area (TPSA) is 29.5 Å². The minimum atomic E-state index is 0.0311. The van der Waals surface area contributed by atoms with Crippen molar-refractivity contribution >= 4 is 25.0 Å². The number of nitrogens with zero attached hydrogens (tertiary/aromatic N) is 1. The van der Waals surface area contributed by atoms with Gasteiger partial charge < -0.3 is 9.47 Å². The van der Waals surface area contributed by atoms with E-state index in [2.05, 4.69) is 4.81 Å². The molecule has 0 aliphatic carbocycles. The van der Waals surface area contributed by atoms with E-state index >= 15 is 0 Å². The summed E-state index contributed by atoms with van der Waals surface area (Å²) in [5.74, 6) is 0.204. The highest BCUT2D eigenvalue weighted by Crippen LogP contribution is 2.22. The van der Waals surface area contributed by atoms with Crippen LogP contribution in [-0.2, 0) is 4.65 Å². The molecule has 1 aromatic carbocycles. The first-order chi connectivity index (χ1) is 8.70. The summed E-state index contributed by atoms with van der Waals surface area (Å²) >= 11 is 5.92. The monoisotopic (exact) mass is 264 g/mol. The average molecular weight is 265 g/mol. The molecule has 1 saturated heterocycles. The predicted octanol–water partition coefficient (Wildman–Crippen LogP) is 2.42. The zero-order valence-corrected chi connectivity index (χ0v) is 11.2. The first kappa shape index (κ1) is 13.6. The van der Waals surface area contributed by atoms with Crippen LogP contribution in [0.5, 0.6) is 0 Å². The molecule has 0 saturated carbocycles. The van der Waals surface area contributed by atoms with Crippen LogP contribution in [0.2, 0.25) is 5.02 Å². The fourth-order valence-corrected chi connectivity index (χ4v) is 2.53. The lowest BCUT2D eigenvalue weighted by Gasteiger charge is -2.30. The Morgan fingerprint density at radius 3 is 3.11 bits per heavy atom. The first-order valence-corrected chi connectivity index (χ1v) is 6.48. The number of rotatable bonds is 4. The second kappa shape index (κ2) is 6.37. The number of ketones is 1. The zero-order chi connectivity index (χ0) is 13.0. The number of hydrogen-bond acceptors (Lipinski definition) is 3. The van der Waals surface area contributed by atoms with Gasteiger partial charge in [0.2, 0.25) is 0 Å². The Labute approximate surface area is 113 Å². The number of benzene rings is 1. The molecular formula is C13H16BClNO2. The van der Waals surface area contributed by atoms with Crippen LogP contribution < -0.4 is 0 Å². The van der Waals surface area contributed by atoms with E-state index in [1.165, 1.54) is 0 Å². The molecule has 0 aromatic heterocycles. The Morgan fingerprint density at radius 2 is 2.39 bits per heavy atom. The van der Waals surface area contributed by atoms with Crippen LogP contribution in [0.15, 0.2) is 24.3 Å². The molecule has 1 aliphatic heterocycles. The molecule has 1 radical (unpaired) electrons. The molecule has 0 N–H and O–H groups in total. The Hall–Kier alpha value is -0.835. The van der Waals surface area contributed by atoms with Crippen molar-refractivity contribution in [1.29, 1.82) is 0 Å². The van der Waals surface area contributed by atoms with Gasteiger partial charge in [0.25, 0.3) is 0 Å². The molecule has 3 nitrogen and oxygen atoms in total. The molecule has 1 aromatic rings. The molecule has 2 rings (SSSR count). The summed E-state index contributed by atoms with van der Waals surface area (Å²) in [6.45, 7) is 1.67. The second-order valence-corrected chi connectivity index (χ2v) is 4.99. The van der Waals surface area contributed by atoms with Gasteiger partial charge in [-0.25, -0.2) is 0 Å². The zero-order valence-electron chi connectivity index (χ0n) is 10.4. The molecule has 5 heteroatoms. The lowest BCUT2D eigenvalue weighted by molar-refractivity contribution is 0.0865. The fourth-order valence-electron chi connectivity index (χ4n) is 2.34. The van der Waals surface area contributed by atoms with Crippen molar-refractivity contribution in [2.45, 2.75) is 12.8 Å². The fraction of sp³-hybridized carbons (Fsp3) is 0.462. The minimum absolute atomic E-state index is 0.0311. The van der Waals surface area contributed by atoms with Gasteiger partial charge in [-0.15, -0.1) is 0 Å². The van der Waals surface area contributed by atoms with Crippen LogP contribution in [-0.4, -0.2) is 38.4 Å². The van der Waals surface area contributed by atoms with E-state index in [0.29, 0.717) is 10.6 Å². The first-order valence-electron chi connectivity index (χ1n) is 6.10. The minimum Gasteiger partial charge on any atom is -0.427 e. The van der Waals surface area contributed by atoms with Gasteiger partial charge in [0.05, 0.1) is 0 Å². The van der Waals surface area contributed by atoms with Crippen molar-refractivity contribution in [1.82, 2.24) is 4.81 Å². The summed E-state index contributed by atoms with van der Waals surface area (Å²) in [7, 11) is 3.32. The molecule has 0 spiro atoms. The molecule has 18 heavy (non-hydrogen) atoms. The van der Waals surface area contributed by atoms with Crippen LogP contribution in [0.25, 0.3) is 0 Å². The summed E-state index contributed by atoms with van der Waals surface area (Å²) in [5.41, 5.74) is 0.701. The Kier molecular flexibility index (Phi) is 4.81. The number of halogens is 1. The lowest BCUT2D eigenvalue weighted by Crippen LogP contribution is -2.41. The van der Waals surface area contributed by atoms with Gasteiger partial charge in [-0.1, -0.05) is 23.7 Å². The number of carbonyl (C=O) groups is 1. The summed E-state index contributed by atoms with van der Waals surface area (Å²) in [6, 6.07) is 7.16. The van der Waals surface area contributed by atoms with Crippen LogP contribution in [0.3, 0.4) is 0 Å². The highest BCUT2D eigenvalue weighted by Gasteiger charge is 2.26. The number of carbonyl (C=O) groups excluding carboxylic acids is 1. The second-order valence-electron chi connectivity index (χ2n) is 4.55. The maximum Gasteiger partial charge on any atom is 0.398 e. The number of hydrogen-bond donors (Lipinski definition) is 0. The molecular weight excluding hydrogens is 248 g/mol. The van der Waals surface area contributed by atoms with Crippen molar-refractivity contribution in [3.05, 3.63) is 34.9 Å². The third kappa shape index (κ3) is 3.34. The van der Waals surface area contributed by atoms with Gasteiger partial charge in [-0.3, -0.25) is 4.79 Å². The van der Waals surface area contributed by atoms with Crippen molar-refractivity contribution < 1.29 is 9.45 Å². The predicted molar refractivity (Wildman–Crippen MR) is 72.8 cm³/mol. The molecule has 1 heterocycles. The van der Waals surface area contributed by atoms with Crippen molar-refractivity contribution in [2.24, 2.45) is 5.92 Å². The van der Waals surface area contributed by atoms with E-state index in [0.717, 1.165) is 25.9 Å². The summed E-state index contributed by atoms with van der Waals surface area (Å²) in [5, 5.41) is 0.608. The van der Waals surface area contributed by atoms with E-state index in [4.69, 9.17) is 16.3 Å². The summed E-state index contributed by atoms with van der Waals surface area (Å²) in [4.78, 5) is 14.4. The lowest BCUT2D eigenvalue weighted by atomic mass is 9.88. The van der Waals surface area contributed by atoms with Gasteiger partial charge in [-0.2, -0.15) is 0 Å². The highest BCUT2D eigenvalue weighted by atomic mass is 35.5. The van der Waals surface area contributed by atoms with Crippen LogP contribution in [0.1, 0.15) is 23.2 Å². The quantitative estimate of drug-likeness (QED) is 0.618. The smallest absolute Gasteiger partial charge is 0.398 e. The van der Waals surface area contributed by atoms with E-state index in [1.807, 2.05) is 12.1 Å². The van der Waals surface area contributed by atoms with E-state index in [-0.39, 0.29) is 11.7 Å². The van der Waals surface area contributed by atoms with Gasteiger partial charge in [-0.05, 0) is 38.1 Å². The molecule has 1 fully saturated rings. The van der Waals surface area contributed by atoms with E-state index < -0.39 is 0 Å². The van der Waals surface area contributed by atoms with Gasteiger partial charge in [0.15, 0.2) is 5.78 Å². The SMILES string of the molecule is CO[B]N1CCC[C@@H](C(=O)c2cccc(Cl)c2)C1. The van der Waals surface area contributed by atoms with Gasteiger partial charge >= 0.3 is 7.62 Å². The van der Waals surface area contributed by atoms with Crippen molar-refractivity contribution in [2.75, 3.05) is 20.2 Å². The summed E-state index contributed by atoms with van der Waals surface area (Å²) < 4.78 is 5.00. The number of piperidine rings is 1. The molecule has 95 valence electrons. The molecule has 1 atom stereocenters. The Bertz CT molecular complexity index is 425. The Balaban J connectivity index is 2.04. The Morgan fingerprint density at radius 1 is 1.56 bits per heavy atom. The largest absolute Gasteiger partial charge is 0.427 e. The molecule has 0 unspecified atom stereocenters. The highest BCUT2D eigenvalue weighted by molar-refractivity contribution is 6.31. The molecule has 0 amide bonds. The molecule has 1 aliphatic rings. The van der Waals surface area contributed by atoms with E-state index in [9.17, 15) is 4.79 Å². The van der Waals surface area contributed by atoms with Crippen LogP contribution in [0.4, 0.5) is 0 Å². The third-order valence-corrected chi connectivity index (χ3v) is 3.42. The molecule has 0 bridgehead atoms. The summed E-state index contributed by atoms with van der Waals surface area (Å²) in [6.07, 6.45) is 1.94. The standard InChI is InChI=1S/C13H16BClNO2/c1-18-14-16-7-3-5-11(9-16)13(17)10-4-2-6-12(15)8-10/h2,4,6,8,11H,3,5,7,9H2,1H3/t11-/m1/s1. The van der Waals surface area contributed by atoms with Crippen molar-refractivity contribution in [3.8, 4) is 0 Å². The van der Waals surface area contributed by atoms with Gasteiger partial charge in [0, 0.05) is 23.6 Å². The number of Topliss-reactive ketones (excluding diaryl/α,β-unsaturated/α-hetero) is 1. The normalized spacial score (nSPS) is 20.7. The average Bonchev–Trinajstić information content (AvgIpc) is 2.39. The maximum absolute atomic E-state index is 12.4. The van der Waals surface area contributed by atoms with Gasteiger partial charge in [0.1, 0.15) is 0 Å². The third-order valence-electron chi connectivity index (χ3n) is 3.19. The van der Waals surface area contributed by atoms with Crippen molar-refractivity contribution in [3.63, 3.8) is 0 Å². The van der Waals surface area contributed by atoms with Crippen LogP contribution >= 0.6 is 11.6 Å². The maximum atomic E-state index is 12.4.